The van der Waals surface area contributed by atoms with Crippen LogP contribution in [-0.4, -0.2) is 32.5 Å². The Morgan fingerprint density at radius 1 is 1.53 bits per heavy atom. The highest BCUT2D eigenvalue weighted by Crippen LogP contribution is 2.26. The molecule has 1 saturated heterocycles. The van der Waals surface area contributed by atoms with Gasteiger partial charge in [-0.15, -0.1) is 0 Å². The van der Waals surface area contributed by atoms with Gasteiger partial charge in [-0.05, 0) is 18.6 Å². The van der Waals surface area contributed by atoms with Crippen LogP contribution in [0.3, 0.4) is 0 Å². The Hall–Kier alpha value is -1.26. The zero-order chi connectivity index (χ0) is 12.3. The molecule has 1 aromatic rings. The van der Waals surface area contributed by atoms with Crippen molar-refractivity contribution in [3.05, 3.63) is 23.8 Å². The molecule has 1 aromatic carbocycles. The van der Waals surface area contributed by atoms with Gasteiger partial charge in [-0.2, -0.15) is 0 Å². The summed E-state index contributed by atoms with van der Waals surface area (Å²) in [7, 11) is 1.73. The number of methoxy groups -OCH3 is 1. The number of hydrogen-bond donors (Lipinski definition) is 2. The second-order valence-electron chi connectivity index (χ2n) is 4.58. The number of para-hydroxylation sites is 1. The van der Waals surface area contributed by atoms with E-state index < -0.39 is 0 Å². The standard InChI is InChI=1S/C13H20N2O2/c1-10-4-3-5-11(12(10)14)15-8-13(16-2)6-7-17-9-13/h3-5,15H,6-9,14H2,1-2H3. The summed E-state index contributed by atoms with van der Waals surface area (Å²) in [6.07, 6.45) is 0.919. The van der Waals surface area contributed by atoms with E-state index in [2.05, 4.69) is 5.32 Å². The lowest BCUT2D eigenvalue weighted by Gasteiger charge is -2.27. The van der Waals surface area contributed by atoms with Crippen LogP contribution in [0.2, 0.25) is 0 Å². The monoisotopic (exact) mass is 236 g/mol. The molecule has 0 saturated carbocycles. The number of rotatable bonds is 4. The lowest BCUT2D eigenvalue weighted by molar-refractivity contribution is -0.00618. The van der Waals surface area contributed by atoms with E-state index in [0.717, 1.165) is 36.5 Å². The average molecular weight is 236 g/mol. The Balaban J connectivity index is 2.04. The molecular weight excluding hydrogens is 216 g/mol. The number of nitrogen functional groups attached to an aromatic ring is 1. The summed E-state index contributed by atoms with van der Waals surface area (Å²) in [6.45, 7) is 4.13. The van der Waals surface area contributed by atoms with Crippen molar-refractivity contribution in [1.29, 1.82) is 0 Å². The SMILES string of the molecule is COC1(CNc2cccc(C)c2N)CCOC1. The van der Waals surface area contributed by atoms with Gasteiger partial charge < -0.3 is 20.5 Å². The minimum atomic E-state index is -0.212. The quantitative estimate of drug-likeness (QED) is 0.783. The lowest BCUT2D eigenvalue weighted by atomic mass is 10.0. The second kappa shape index (κ2) is 4.94. The summed E-state index contributed by atoms with van der Waals surface area (Å²) in [5.74, 6) is 0. The van der Waals surface area contributed by atoms with Gasteiger partial charge in [0.15, 0.2) is 0 Å². The molecule has 4 nitrogen and oxygen atoms in total. The van der Waals surface area contributed by atoms with Gasteiger partial charge in [0.05, 0.1) is 18.0 Å². The molecule has 2 rings (SSSR count). The Morgan fingerprint density at radius 3 is 3.00 bits per heavy atom. The van der Waals surface area contributed by atoms with Gasteiger partial charge in [-0.3, -0.25) is 0 Å². The molecule has 1 unspecified atom stereocenters. The van der Waals surface area contributed by atoms with Crippen LogP contribution < -0.4 is 11.1 Å². The normalized spacial score (nSPS) is 23.9. The van der Waals surface area contributed by atoms with Gasteiger partial charge in [0.25, 0.3) is 0 Å². The van der Waals surface area contributed by atoms with Gasteiger partial charge in [-0.1, -0.05) is 12.1 Å². The maximum atomic E-state index is 6.02. The van der Waals surface area contributed by atoms with Crippen LogP contribution in [0.5, 0.6) is 0 Å². The Morgan fingerprint density at radius 2 is 2.35 bits per heavy atom. The highest BCUT2D eigenvalue weighted by Gasteiger charge is 2.34. The molecule has 0 amide bonds. The number of hydrogen-bond acceptors (Lipinski definition) is 4. The highest BCUT2D eigenvalue weighted by molar-refractivity contribution is 5.69. The summed E-state index contributed by atoms with van der Waals surface area (Å²) in [5, 5.41) is 3.36. The molecule has 1 fully saturated rings. The summed E-state index contributed by atoms with van der Waals surface area (Å²) in [4.78, 5) is 0. The number of aryl methyl sites for hydroxylation is 1. The Labute approximate surface area is 102 Å². The fraction of sp³-hybridized carbons (Fsp3) is 0.538. The molecule has 1 aliphatic rings. The zero-order valence-electron chi connectivity index (χ0n) is 10.5. The van der Waals surface area contributed by atoms with E-state index in [-0.39, 0.29) is 5.60 Å². The van der Waals surface area contributed by atoms with Crippen LogP contribution in [0.1, 0.15) is 12.0 Å². The van der Waals surface area contributed by atoms with E-state index in [1.165, 1.54) is 0 Å². The highest BCUT2D eigenvalue weighted by atomic mass is 16.5. The van der Waals surface area contributed by atoms with Crippen molar-refractivity contribution in [1.82, 2.24) is 0 Å². The van der Waals surface area contributed by atoms with Crippen molar-refractivity contribution in [3.8, 4) is 0 Å². The molecule has 94 valence electrons. The Kier molecular flexibility index (Phi) is 3.54. The smallest absolute Gasteiger partial charge is 0.110 e. The molecule has 1 heterocycles. The minimum absolute atomic E-state index is 0.212. The van der Waals surface area contributed by atoms with Crippen LogP contribution in [-0.2, 0) is 9.47 Å². The average Bonchev–Trinajstić information content (AvgIpc) is 2.81. The largest absolute Gasteiger partial charge is 0.397 e. The molecule has 0 aromatic heterocycles. The first kappa shape index (κ1) is 12.2. The molecule has 1 aliphatic heterocycles. The van der Waals surface area contributed by atoms with Crippen molar-refractivity contribution in [2.75, 3.05) is 37.9 Å². The molecule has 1 atom stereocenters. The van der Waals surface area contributed by atoms with E-state index in [1.54, 1.807) is 7.11 Å². The first-order valence-corrected chi connectivity index (χ1v) is 5.89. The first-order valence-electron chi connectivity index (χ1n) is 5.89. The van der Waals surface area contributed by atoms with Crippen LogP contribution in [0, 0.1) is 6.92 Å². The van der Waals surface area contributed by atoms with Crippen LogP contribution in [0.25, 0.3) is 0 Å². The summed E-state index contributed by atoms with van der Waals surface area (Å²) >= 11 is 0. The maximum absolute atomic E-state index is 6.02. The third-order valence-corrected chi connectivity index (χ3v) is 3.43. The van der Waals surface area contributed by atoms with Gasteiger partial charge in [0.2, 0.25) is 0 Å². The van der Waals surface area contributed by atoms with Crippen molar-refractivity contribution < 1.29 is 9.47 Å². The number of nitrogens with one attached hydrogen (secondary N) is 1. The van der Waals surface area contributed by atoms with E-state index in [9.17, 15) is 0 Å². The molecule has 0 aliphatic carbocycles. The lowest BCUT2D eigenvalue weighted by Crippen LogP contribution is -2.39. The molecule has 0 radical (unpaired) electrons. The van der Waals surface area contributed by atoms with Crippen molar-refractivity contribution >= 4 is 11.4 Å². The molecular formula is C13H20N2O2. The maximum Gasteiger partial charge on any atom is 0.110 e. The van der Waals surface area contributed by atoms with Gasteiger partial charge in [0, 0.05) is 26.7 Å². The van der Waals surface area contributed by atoms with Crippen LogP contribution >= 0.6 is 0 Å². The van der Waals surface area contributed by atoms with Gasteiger partial charge in [-0.25, -0.2) is 0 Å². The molecule has 0 bridgehead atoms. The molecule has 17 heavy (non-hydrogen) atoms. The van der Waals surface area contributed by atoms with Crippen LogP contribution in [0.4, 0.5) is 11.4 Å². The van der Waals surface area contributed by atoms with E-state index in [1.807, 2.05) is 25.1 Å². The summed E-state index contributed by atoms with van der Waals surface area (Å²) in [6, 6.07) is 5.99. The topological polar surface area (TPSA) is 56.5 Å². The predicted molar refractivity (Wildman–Crippen MR) is 69.3 cm³/mol. The zero-order valence-corrected chi connectivity index (χ0v) is 10.5. The third kappa shape index (κ3) is 2.53. The molecule has 4 heteroatoms. The van der Waals surface area contributed by atoms with E-state index in [0.29, 0.717) is 6.61 Å². The van der Waals surface area contributed by atoms with Crippen molar-refractivity contribution in [2.45, 2.75) is 18.9 Å². The van der Waals surface area contributed by atoms with E-state index >= 15 is 0 Å². The predicted octanol–water partition coefficient (Wildman–Crippen LogP) is 1.79. The van der Waals surface area contributed by atoms with Gasteiger partial charge in [0.1, 0.15) is 5.60 Å². The van der Waals surface area contributed by atoms with Crippen LogP contribution in [0.15, 0.2) is 18.2 Å². The Bertz CT molecular complexity index is 387. The number of anilines is 2. The van der Waals surface area contributed by atoms with Crippen molar-refractivity contribution in [2.24, 2.45) is 0 Å². The summed E-state index contributed by atoms with van der Waals surface area (Å²) < 4.78 is 11.0. The van der Waals surface area contributed by atoms with Gasteiger partial charge >= 0.3 is 0 Å². The number of nitrogens with two attached hydrogens (primary N) is 1. The molecule has 3 N–H and O–H groups in total. The third-order valence-electron chi connectivity index (χ3n) is 3.43. The number of benzene rings is 1. The van der Waals surface area contributed by atoms with Crippen molar-refractivity contribution in [3.63, 3.8) is 0 Å². The fourth-order valence-corrected chi connectivity index (χ4v) is 2.05. The minimum Gasteiger partial charge on any atom is -0.397 e. The fourth-order valence-electron chi connectivity index (χ4n) is 2.05. The molecule has 0 spiro atoms. The van der Waals surface area contributed by atoms with E-state index in [4.69, 9.17) is 15.2 Å². The first-order chi connectivity index (χ1) is 8.17. The second-order valence-corrected chi connectivity index (χ2v) is 4.58. The number of ether oxygens (including phenoxy) is 2. The summed E-state index contributed by atoms with van der Waals surface area (Å²) in [5.41, 5.74) is 8.66.